The highest BCUT2D eigenvalue weighted by Crippen LogP contribution is 2.28. The van der Waals surface area contributed by atoms with Crippen molar-refractivity contribution in [2.45, 2.75) is 53.4 Å². The topological polar surface area (TPSA) is 30.0 Å². The van der Waals surface area contributed by atoms with Crippen molar-refractivity contribution in [2.75, 3.05) is 0 Å². The van der Waals surface area contributed by atoms with Gasteiger partial charge >= 0.3 is 0 Å². The third-order valence-electron chi connectivity index (χ3n) is 3.47. The molecule has 0 aliphatic rings. The zero-order valence-corrected chi connectivity index (χ0v) is 11.5. The number of hydrogen-bond acceptors (Lipinski definition) is 3. The summed E-state index contributed by atoms with van der Waals surface area (Å²) < 4.78 is 0. The van der Waals surface area contributed by atoms with Gasteiger partial charge in [0, 0.05) is 29.3 Å². The molecule has 90 valence electrons. The molecule has 0 radical (unpaired) electrons. The lowest BCUT2D eigenvalue weighted by Gasteiger charge is -2.24. The molecule has 0 spiro atoms. The second-order valence-corrected chi connectivity index (χ2v) is 5.87. The Morgan fingerprint density at radius 2 is 2.06 bits per heavy atom. The molecule has 2 nitrogen and oxygen atoms in total. The van der Waals surface area contributed by atoms with Crippen LogP contribution < -0.4 is 0 Å². The maximum Gasteiger partial charge on any atom is 0.139 e. The largest absolute Gasteiger partial charge is 0.299 e. The van der Waals surface area contributed by atoms with Gasteiger partial charge in [0.05, 0.1) is 5.01 Å². The second-order valence-electron chi connectivity index (χ2n) is 4.56. The van der Waals surface area contributed by atoms with Crippen molar-refractivity contribution in [1.29, 1.82) is 0 Å². The number of Topliss-reactive ketones (excluding diaryl/α,β-unsaturated/α-hetero) is 1. The Kier molecular flexibility index (Phi) is 4.66. The maximum absolute atomic E-state index is 12.1. The zero-order chi connectivity index (χ0) is 12.2. The molecule has 1 rings (SSSR count). The zero-order valence-electron chi connectivity index (χ0n) is 10.7. The number of aromatic nitrogens is 1. The first-order chi connectivity index (χ1) is 7.51. The van der Waals surface area contributed by atoms with Crippen LogP contribution in [0.2, 0.25) is 0 Å². The molecule has 0 bridgehead atoms. The molecule has 1 aromatic heterocycles. The third kappa shape index (κ3) is 3.14. The number of thiazole rings is 1. The smallest absolute Gasteiger partial charge is 0.139 e. The van der Waals surface area contributed by atoms with E-state index in [1.807, 2.05) is 13.1 Å². The fraction of sp³-hybridized carbons (Fsp3) is 0.692. The van der Waals surface area contributed by atoms with Crippen LogP contribution in [0.3, 0.4) is 0 Å². The van der Waals surface area contributed by atoms with Crippen LogP contribution in [0.4, 0.5) is 0 Å². The predicted octanol–water partition coefficient (Wildman–Crippen LogP) is 3.78. The van der Waals surface area contributed by atoms with Crippen molar-refractivity contribution >= 4 is 17.1 Å². The van der Waals surface area contributed by atoms with E-state index < -0.39 is 0 Å². The number of hydrogen-bond donors (Lipinski definition) is 0. The molecule has 0 amide bonds. The highest BCUT2D eigenvalue weighted by Gasteiger charge is 2.28. The first kappa shape index (κ1) is 13.4. The number of rotatable bonds is 6. The van der Waals surface area contributed by atoms with Gasteiger partial charge in [-0.15, -0.1) is 11.3 Å². The van der Waals surface area contributed by atoms with Crippen LogP contribution in [0.25, 0.3) is 0 Å². The summed E-state index contributed by atoms with van der Waals surface area (Å²) in [6, 6.07) is 0. The van der Waals surface area contributed by atoms with Crippen molar-refractivity contribution in [3.8, 4) is 0 Å². The summed E-state index contributed by atoms with van der Waals surface area (Å²) in [7, 11) is 0. The molecule has 0 saturated carbocycles. The molecule has 1 heterocycles. The van der Waals surface area contributed by atoms with Gasteiger partial charge in [-0.1, -0.05) is 20.8 Å². The summed E-state index contributed by atoms with van der Waals surface area (Å²) in [6.07, 6.45) is 5.17. The molecule has 0 atom stereocenters. The molecule has 3 heteroatoms. The van der Waals surface area contributed by atoms with Gasteiger partial charge < -0.3 is 0 Å². The average Bonchev–Trinajstić information content (AvgIpc) is 2.70. The minimum Gasteiger partial charge on any atom is -0.299 e. The van der Waals surface area contributed by atoms with Crippen LogP contribution in [-0.4, -0.2) is 10.8 Å². The van der Waals surface area contributed by atoms with Gasteiger partial charge in [0.15, 0.2) is 0 Å². The number of carbonyl (C=O) groups excluding carboxylic acids is 1. The van der Waals surface area contributed by atoms with Crippen LogP contribution >= 0.6 is 11.3 Å². The molecular weight excluding hydrogens is 218 g/mol. The molecule has 16 heavy (non-hydrogen) atoms. The van der Waals surface area contributed by atoms with E-state index in [1.165, 1.54) is 4.88 Å². The lowest BCUT2D eigenvalue weighted by Crippen LogP contribution is -2.26. The highest BCUT2D eigenvalue weighted by atomic mass is 32.1. The first-order valence-electron chi connectivity index (χ1n) is 5.96. The van der Waals surface area contributed by atoms with Crippen molar-refractivity contribution in [1.82, 2.24) is 4.98 Å². The van der Waals surface area contributed by atoms with Gasteiger partial charge in [0.1, 0.15) is 5.78 Å². The Labute approximate surface area is 102 Å². The second kappa shape index (κ2) is 5.58. The average molecular weight is 239 g/mol. The third-order valence-corrected chi connectivity index (χ3v) is 4.44. The molecule has 0 N–H and O–H groups in total. The number of carbonyl (C=O) groups is 1. The molecule has 1 aromatic rings. The van der Waals surface area contributed by atoms with E-state index in [0.29, 0.717) is 12.2 Å². The lowest BCUT2D eigenvalue weighted by molar-refractivity contribution is -0.128. The van der Waals surface area contributed by atoms with Gasteiger partial charge in [0.2, 0.25) is 0 Å². The van der Waals surface area contributed by atoms with Crippen LogP contribution in [0, 0.1) is 12.3 Å². The van der Waals surface area contributed by atoms with E-state index in [0.717, 1.165) is 24.3 Å². The normalized spacial score (nSPS) is 11.8. The molecule has 0 fully saturated rings. The van der Waals surface area contributed by atoms with Gasteiger partial charge in [-0.05, 0) is 19.8 Å². The molecule has 0 unspecified atom stereocenters. The molecular formula is C13H21NOS. The predicted molar refractivity (Wildman–Crippen MR) is 68.9 cm³/mol. The molecule has 0 aromatic carbocycles. The van der Waals surface area contributed by atoms with Crippen molar-refractivity contribution < 1.29 is 4.79 Å². The van der Waals surface area contributed by atoms with Crippen molar-refractivity contribution in [2.24, 2.45) is 5.41 Å². The number of aryl methyl sites for hydroxylation is 2. The molecule has 0 saturated heterocycles. The Morgan fingerprint density at radius 1 is 1.44 bits per heavy atom. The summed E-state index contributed by atoms with van der Waals surface area (Å²) in [4.78, 5) is 17.6. The van der Waals surface area contributed by atoms with E-state index in [2.05, 4.69) is 25.8 Å². The quantitative estimate of drug-likeness (QED) is 0.756. The van der Waals surface area contributed by atoms with Crippen LogP contribution in [0.1, 0.15) is 49.9 Å². The van der Waals surface area contributed by atoms with Gasteiger partial charge in [-0.3, -0.25) is 4.79 Å². The fourth-order valence-corrected chi connectivity index (χ4v) is 2.47. The van der Waals surface area contributed by atoms with Crippen LogP contribution in [0.5, 0.6) is 0 Å². The number of nitrogens with zero attached hydrogens (tertiary/aromatic N) is 1. The van der Waals surface area contributed by atoms with E-state index in [-0.39, 0.29) is 5.41 Å². The van der Waals surface area contributed by atoms with Gasteiger partial charge in [-0.25, -0.2) is 4.98 Å². The Bertz CT molecular complexity index is 353. The lowest BCUT2D eigenvalue weighted by atomic mass is 9.79. The minimum absolute atomic E-state index is 0.133. The number of ketones is 1. The summed E-state index contributed by atoms with van der Waals surface area (Å²) in [6.45, 7) is 8.30. The molecule has 0 aliphatic heterocycles. The van der Waals surface area contributed by atoms with Crippen LogP contribution in [0.15, 0.2) is 6.20 Å². The monoisotopic (exact) mass is 239 g/mol. The summed E-state index contributed by atoms with van der Waals surface area (Å²) in [5.41, 5.74) is -0.133. The highest BCUT2D eigenvalue weighted by molar-refractivity contribution is 7.11. The van der Waals surface area contributed by atoms with E-state index >= 15 is 0 Å². The Hall–Kier alpha value is -0.700. The van der Waals surface area contributed by atoms with Gasteiger partial charge in [0.25, 0.3) is 0 Å². The summed E-state index contributed by atoms with van der Waals surface area (Å²) >= 11 is 1.69. The van der Waals surface area contributed by atoms with Crippen molar-refractivity contribution in [3.05, 3.63) is 16.1 Å². The standard InChI is InChI=1S/C13H21NOS/c1-5-13(4,6-2)11(15)7-8-12-14-9-10(3)16-12/h9H,5-8H2,1-4H3. The van der Waals surface area contributed by atoms with E-state index in [4.69, 9.17) is 0 Å². The maximum atomic E-state index is 12.1. The minimum atomic E-state index is -0.133. The SMILES string of the molecule is CCC(C)(CC)C(=O)CCc1ncc(C)s1. The molecule has 0 aliphatic carbocycles. The van der Waals surface area contributed by atoms with E-state index in [9.17, 15) is 4.79 Å². The Balaban J connectivity index is 2.52. The van der Waals surface area contributed by atoms with Crippen LogP contribution in [-0.2, 0) is 11.2 Å². The van der Waals surface area contributed by atoms with Crippen molar-refractivity contribution in [3.63, 3.8) is 0 Å². The van der Waals surface area contributed by atoms with Gasteiger partial charge in [-0.2, -0.15) is 0 Å². The summed E-state index contributed by atoms with van der Waals surface area (Å²) in [5.74, 6) is 0.380. The Morgan fingerprint density at radius 3 is 2.50 bits per heavy atom. The fourth-order valence-electron chi connectivity index (χ4n) is 1.68. The summed E-state index contributed by atoms with van der Waals surface area (Å²) in [5, 5.41) is 1.08. The van der Waals surface area contributed by atoms with E-state index in [1.54, 1.807) is 11.3 Å². The first-order valence-corrected chi connectivity index (χ1v) is 6.78.